The first-order valence-corrected chi connectivity index (χ1v) is 13.8. The topological polar surface area (TPSA) is 26.3 Å². The minimum atomic E-state index is 0.0349. The Balaban J connectivity index is 3.75. The highest BCUT2D eigenvalue weighted by Gasteiger charge is 2.16. The molecule has 0 radical (unpaired) electrons. The molecule has 2 atom stereocenters. The van der Waals surface area contributed by atoms with Crippen molar-refractivity contribution >= 4 is 5.97 Å². The number of carbonyl (C=O) groups is 1. The van der Waals surface area contributed by atoms with Gasteiger partial charge in [-0.05, 0) is 25.2 Å². The van der Waals surface area contributed by atoms with Crippen LogP contribution in [0.2, 0.25) is 0 Å². The predicted molar refractivity (Wildman–Crippen MR) is 133 cm³/mol. The van der Waals surface area contributed by atoms with Crippen LogP contribution in [0.3, 0.4) is 0 Å². The third kappa shape index (κ3) is 19.4. The molecular formula is C28H56O2. The molecule has 2 unspecified atom stereocenters. The highest BCUT2D eigenvalue weighted by Crippen LogP contribution is 2.19. The molecule has 0 aliphatic heterocycles. The van der Waals surface area contributed by atoms with Crippen LogP contribution in [0.25, 0.3) is 0 Å². The molecule has 180 valence electrons. The van der Waals surface area contributed by atoms with Crippen molar-refractivity contribution in [1.29, 1.82) is 0 Å². The molecule has 0 aliphatic carbocycles. The van der Waals surface area contributed by atoms with E-state index >= 15 is 0 Å². The van der Waals surface area contributed by atoms with Gasteiger partial charge >= 0.3 is 5.97 Å². The summed E-state index contributed by atoms with van der Waals surface area (Å²) in [6.45, 7) is 9.47. The smallest absolute Gasteiger partial charge is 0.308 e. The van der Waals surface area contributed by atoms with Gasteiger partial charge < -0.3 is 4.74 Å². The number of ether oxygens (including phenoxy) is 1. The first-order valence-electron chi connectivity index (χ1n) is 13.8. The van der Waals surface area contributed by atoms with Crippen molar-refractivity contribution in [3.8, 4) is 0 Å². The maximum atomic E-state index is 12.3. The Hall–Kier alpha value is -0.530. The number of esters is 1. The number of rotatable bonds is 23. The second kappa shape index (κ2) is 23.1. The number of hydrogen-bond donors (Lipinski definition) is 0. The van der Waals surface area contributed by atoms with Gasteiger partial charge in [-0.2, -0.15) is 0 Å². The van der Waals surface area contributed by atoms with E-state index in [-0.39, 0.29) is 11.9 Å². The van der Waals surface area contributed by atoms with Crippen molar-refractivity contribution in [2.24, 2.45) is 11.8 Å². The lowest BCUT2D eigenvalue weighted by Gasteiger charge is -2.18. The van der Waals surface area contributed by atoms with Crippen molar-refractivity contribution < 1.29 is 9.53 Å². The van der Waals surface area contributed by atoms with Crippen LogP contribution in [-0.2, 0) is 9.53 Å². The fourth-order valence-corrected chi connectivity index (χ4v) is 4.33. The van der Waals surface area contributed by atoms with Gasteiger partial charge in [0.1, 0.15) is 0 Å². The van der Waals surface area contributed by atoms with Gasteiger partial charge in [-0.15, -0.1) is 0 Å². The van der Waals surface area contributed by atoms with Crippen LogP contribution in [0.5, 0.6) is 0 Å². The van der Waals surface area contributed by atoms with E-state index in [9.17, 15) is 4.79 Å². The lowest BCUT2D eigenvalue weighted by atomic mass is 9.96. The summed E-state index contributed by atoms with van der Waals surface area (Å²) in [5.41, 5.74) is 0. The summed E-state index contributed by atoms with van der Waals surface area (Å²) in [7, 11) is 0. The number of unbranched alkanes of at least 4 members (excludes halogenated alkanes) is 14. The lowest BCUT2D eigenvalue weighted by molar-refractivity contribution is -0.149. The Labute approximate surface area is 190 Å². The molecule has 2 nitrogen and oxygen atoms in total. The second-order valence-corrected chi connectivity index (χ2v) is 9.71. The Bertz CT molecular complexity index is 353. The van der Waals surface area contributed by atoms with Gasteiger partial charge in [0.25, 0.3) is 0 Å². The summed E-state index contributed by atoms with van der Waals surface area (Å²) < 4.78 is 5.72. The van der Waals surface area contributed by atoms with Gasteiger partial charge in [0, 0.05) is 0 Å². The summed E-state index contributed by atoms with van der Waals surface area (Å²) in [5.74, 6) is 0.665. The summed E-state index contributed by atoms with van der Waals surface area (Å²) in [5, 5.41) is 0. The largest absolute Gasteiger partial charge is 0.465 e. The van der Waals surface area contributed by atoms with Crippen molar-refractivity contribution in [3.05, 3.63) is 0 Å². The van der Waals surface area contributed by atoms with Crippen molar-refractivity contribution in [1.82, 2.24) is 0 Å². The molecule has 0 spiro atoms. The minimum absolute atomic E-state index is 0.0349. The second-order valence-electron chi connectivity index (χ2n) is 9.71. The summed E-state index contributed by atoms with van der Waals surface area (Å²) in [4.78, 5) is 12.3. The van der Waals surface area contributed by atoms with Gasteiger partial charge in [0.15, 0.2) is 0 Å². The Kier molecular flexibility index (Phi) is 22.7. The summed E-state index contributed by atoms with van der Waals surface area (Å²) in [6, 6.07) is 0. The first-order chi connectivity index (χ1) is 14.7. The van der Waals surface area contributed by atoms with E-state index in [0.717, 1.165) is 12.8 Å². The normalized spacial score (nSPS) is 13.3. The van der Waals surface area contributed by atoms with Crippen LogP contribution in [0, 0.1) is 11.8 Å². The molecule has 2 heteroatoms. The SMILES string of the molecule is CCCCCCCCCCCCC(CCC)COC(=O)C(C)CCCCCCCC. The highest BCUT2D eigenvalue weighted by molar-refractivity contribution is 5.71. The molecule has 0 heterocycles. The zero-order valence-electron chi connectivity index (χ0n) is 21.3. The number of hydrogen-bond acceptors (Lipinski definition) is 2. The quantitative estimate of drug-likeness (QED) is 0.120. The third-order valence-electron chi connectivity index (χ3n) is 6.52. The monoisotopic (exact) mass is 424 g/mol. The molecule has 0 saturated heterocycles. The highest BCUT2D eigenvalue weighted by atomic mass is 16.5. The average molecular weight is 425 g/mol. The van der Waals surface area contributed by atoms with E-state index in [0.29, 0.717) is 12.5 Å². The summed E-state index contributed by atoms with van der Waals surface area (Å²) in [6.07, 6.45) is 26.1. The molecular weight excluding hydrogens is 368 g/mol. The molecule has 0 aliphatic rings. The van der Waals surface area contributed by atoms with Crippen LogP contribution >= 0.6 is 0 Å². The van der Waals surface area contributed by atoms with Crippen LogP contribution < -0.4 is 0 Å². The van der Waals surface area contributed by atoms with Crippen LogP contribution in [0.15, 0.2) is 0 Å². The van der Waals surface area contributed by atoms with Crippen LogP contribution in [-0.4, -0.2) is 12.6 Å². The Morgan fingerprint density at radius 3 is 1.47 bits per heavy atom. The van der Waals surface area contributed by atoms with Gasteiger partial charge in [0.2, 0.25) is 0 Å². The Morgan fingerprint density at radius 1 is 0.567 bits per heavy atom. The van der Waals surface area contributed by atoms with Crippen LogP contribution in [0.1, 0.15) is 156 Å². The Morgan fingerprint density at radius 2 is 1.00 bits per heavy atom. The van der Waals surface area contributed by atoms with E-state index in [1.807, 2.05) is 6.92 Å². The van der Waals surface area contributed by atoms with Gasteiger partial charge in [0.05, 0.1) is 12.5 Å². The standard InChI is InChI=1S/C28H56O2/c1-5-8-10-12-14-15-16-17-19-21-24-27(22-7-3)25-30-28(29)26(4)23-20-18-13-11-9-6-2/h26-27H,5-25H2,1-4H3. The molecule has 0 aromatic carbocycles. The zero-order chi connectivity index (χ0) is 22.3. The molecule has 0 saturated carbocycles. The predicted octanol–water partition coefficient (Wildman–Crippen LogP) is 9.64. The van der Waals surface area contributed by atoms with E-state index < -0.39 is 0 Å². The fraction of sp³-hybridized carbons (Fsp3) is 0.964. The molecule has 0 aromatic rings. The van der Waals surface area contributed by atoms with E-state index in [4.69, 9.17) is 4.74 Å². The van der Waals surface area contributed by atoms with Gasteiger partial charge in [-0.25, -0.2) is 0 Å². The van der Waals surface area contributed by atoms with E-state index in [2.05, 4.69) is 20.8 Å². The average Bonchev–Trinajstić information content (AvgIpc) is 2.75. The van der Waals surface area contributed by atoms with Crippen LogP contribution in [0.4, 0.5) is 0 Å². The van der Waals surface area contributed by atoms with Gasteiger partial charge in [-0.3, -0.25) is 4.79 Å². The number of carbonyl (C=O) groups excluding carboxylic acids is 1. The maximum Gasteiger partial charge on any atom is 0.308 e. The van der Waals surface area contributed by atoms with Crippen molar-refractivity contribution in [3.63, 3.8) is 0 Å². The third-order valence-corrected chi connectivity index (χ3v) is 6.52. The molecule has 0 amide bonds. The summed E-state index contributed by atoms with van der Waals surface area (Å²) >= 11 is 0. The molecule has 0 bridgehead atoms. The lowest BCUT2D eigenvalue weighted by Crippen LogP contribution is -2.19. The maximum absolute atomic E-state index is 12.3. The van der Waals surface area contributed by atoms with E-state index in [1.165, 1.54) is 116 Å². The minimum Gasteiger partial charge on any atom is -0.465 e. The van der Waals surface area contributed by atoms with E-state index in [1.54, 1.807) is 0 Å². The molecule has 0 aromatic heterocycles. The van der Waals surface area contributed by atoms with Crippen molar-refractivity contribution in [2.45, 2.75) is 156 Å². The van der Waals surface area contributed by atoms with Crippen molar-refractivity contribution in [2.75, 3.05) is 6.61 Å². The molecule has 30 heavy (non-hydrogen) atoms. The molecule has 0 rings (SSSR count). The molecule has 0 fully saturated rings. The fourth-order valence-electron chi connectivity index (χ4n) is 4.33. The zero-order valence-corrected chi connectivity index (χ0v) is 21.3. The first kappa shape index (κ1) is 29.5. The van der Waals surface area contributed by atoms with Gasteiger partial charge in [-0.1, -0.05) is 137 Å². The molecule has 0 N–H and O–H groups in total.